The molecule has 0 aliphatic carbocycles. The molecule has 0 N–H and O–H groups in total. The first-order valence-corrected chi connectivity index (χ1v) is 8.50. The minimum absolute atomic E-state index is 1.16. The van der Waals surface area contributed by atoms with Gasteiger partial charge in [-0.1, -0.05) is 52.3 Å². The van der Waals surface area contributed by atoms with Gasteiger partial charge in [0.05, 0.1) is 11.0 Å². The largest absolute Gasteiger partial charge is 0.342 e. The molecular formula is C20H15BrN2. The quantitative estimate of drug-likeness (QED) is 0.332. The van der Waals surface area contributed by atoms with Crippen LogP contribution in [0.4, 0.5) is 0 Å². The fourth-order valence-electron chi connectivity index (χ4n) is 3.97. The molecule has 2 nitrogen and oxygen atoms in total. The zero-order valence-corrected chi connectivity index (χ0v) is 14.6. The van der Waals surface area contributed by atoms with Gasteiger partial charge in [0.1, 0.15) is 0 Å². The van der Waals surface area contributed by atoms with Gasteiger partial charge in [0.15, 0.2) is 0 Å². The van der Waals surface area contributed by atoms with Crippen molar-refractivity contribution in [3.05, 3.63) is 59.1 Å². The van der Waals surface area contributed by atoms with E-state index in [1.807, 2.05) is 0 Å². The van der Waals surface area contributed by atoms with Crippen LogP contribution >= 0.6 is 15.9 Å². The van der Waals surface area contributed by atoms with E-state index in [9.17, 15) is 0 Å². The van der Waals surface area contributed by atoms with Gasteiger partial charge in [0.2, 0.25) is 0 Å². The molecule has 0 bridgehead atoms. The van der Waals surface area contributed by atoms with Gasteiger partial charge >= 0.3 is 0 Å². The van der Waals surface area contributed by atoms with Gasteiger partial charge < -0.3 is 9.13 Å². The third-order valence-electron chi connectivity index (χ3n) is 4.99. The maximum atomic E-state index is 3.82. The van der Waals surface area contributed by atoms with Crippen molar-refractivity contribution in [1.82, 2.24) is 9.13 Å². The number of aromatic nitrogens is 2. The first-order valence-electron chi connectivity index (χ1n) is 7.71. The Balaban J connectivity index is 2.21. The summed E-state index contributed by atoms with van der Waals surface area (Å²) in [6.07, 6.45) is 0. The van der Waals surface area contributed by atoms with Crippen molar-refractivity contribution in [2.24, 2.45) is 14.1 Å². The summed E-state index contributed by atoms with van der Waals surface area (Å²) in [6.45, 7) is 0. The number of aryl methyl sites for hydroxylation is 2. The van der Waals surface area contributed by atoms with Gasteiger partial charge in [-0.2, -0.15) is 0 Å². The minimum atomic E-state index is 1.16. The minimum Gasteiger partial charge on any atom is -0.342 e. The first kappa shape index (κ1) is 13.2. The van der Waals surface area contributed by atoms with Gasteiger partial charge in [-0.05, 0) is 18.2 Å². The highest BCUT2D eigenvalue weighted by Gasteiger charge is 2.18. The van der Waals surface area contributed by atoms with E-state index in [0.29, 0.717) is 0 Å². The van der Waals surface area contributed by atoms with E-state index in [1.54, 1.807) is 0 Å². The topological polar surface area (TPSA) is 9.86 Å². The SMILES string of the molecule is Cn1c2ccccc2c2cc(Br)c3c4ccccc4n(C)c3c21. The second-order valence-corrected chi connectivity index (χ2v) is 6.98. The zero-order chi connectivity index (χ0) is 15.7. The summed E-state index contributed by atoms with van der Waals surface area (Å²) < 4.78 is 5.79. The molecule has 0 fully saturated rings. The fraction of sp³-hybridized carbons (Fsp3) is 0.100. The molecule has 0 spiro atoms. The average molecular weight is 363 g/mol. The van der Waals surface area contributed by atoms with E-state index in [-0.39, 0.29) is 0 Å². The average Bonchev–Trinajstić information content (AvgIpc) is 3.03. The van der Waals surface area contributed by atoms with Crippen molar-refractivity contribution in [3.63, 3.8) is 0 Å². The first-order chi connectivity index (χ1) is 11.2. The molecule has 0 radical (unpaired) electrons. The van der Waals surface area contributed by atoms with E-state index >= 15 is 0 Å². The highest BCUT2D eigenvalue weighted by molar-refractivity contribution is 9.10. The number of hydrogen-bond donors (Lipinski definition) is 0. The number of benzene rings is 3. The second-order valence-electron chi connectivity index (χ2n) is 6.13. The normalized spacial score (nSPS) is 12.1. The van der Waals surface area contributed by atoms with E-state index in [1.165, 1.54) is 43.6 Å². The number of fused-ring (bicyclic) bond motifs is 7. The molecule has 0 amide bonds. The Morgan fingerprint density at radius 3 is 2.00 bits per heavy atom. The standard InChI is InChI=1S/C20H15BrN2/c1-22-16-9-5-3-7-12(16)14-11-15(21)18-13-8-4-6-10-17(13)23(2)20(18)19(14)22/h3-11H,1-2H3. The molecule has 3 aromatic carbocycles. The van der Waals surface area contributed by atoms with Crippen molar-refractivity contribution in [3.8, 4) is 0 Å². The monoisotopic (exact) mass is 362 g/mol. The second kappa shape index (κ2) is 4.39. The van der Waals surface area contributed by atoms with Gasteiger partial charge in [-0.3, -0.25) is 0 Å². The highest BCUT2D eigenvalue weighted by Crippen LogP contribution is 2.41. The van der Waals surface area contributed by atoms with Crippen LogP contribution in [0.25, 0.3) is 43.6 Å². The molecule has 0 aliphatic rings. The molecule has 2 aromatic heterocycles. The van der Waals surface area contributed by atoms with E-state index in [2.05, 4.69) is 93.8 Å². The predicted octanol–water partition coefficient (Wildman–Crippen LogP) is 5.74. The molecule has 2 heterocycles. The Labute approximate surface area is 142 Å². The van der Waals surface area contributed by atoms with E-state index < -0.39 is 0 Å². The van der Waals surface area contributed by atoms with Crippen molar-refractivity contribution in [2.45, 2.75) is 0 Å². The third-order valence-corrected chi connectivity index (χ3v) is 5.61. The van der Waals surface area contributed by atoms with Crippen LogP contribution in [-0.4, -0.2) is 9.13 Å². The molecule has 0 atom stereocenters. The lowest BCUT2D eigenvalue weighted by Gasteiger charge is -2.05. The van der Waals surface area contributed by atoms with Crippen LogP contribution in [0.15, 0.2) is 59.1 Å². The Bertz CT molecular complexity index is 1240. The summed E-state index contributed by atoms with van der Waals surface area (Å²) in [7, 11) is 4.32. The van der Waals surface area contributed by atoms with Crippen molar-refractivity contribution >= 4 is 59.5 Å². The Hall–Kier alpha value is -2.26. The summed E-state index contributed by atoms with van der Waals surface area (Å²) in [5.41, 5.74) is 5.12. The van der Waals surface area contributed by atoms with Crippen LogP contribution in [0.1, 0.15) is 0 Å². The lowest BCUT2D eigenvalue weighted by atomic mass is 10.1. The number of nitrogens with zero attached hydrogens (tertiary/aromatic N) is 2. The number of rotatable bonds is 0. The van der Waals surface area contributed by atoms with Crippen molar-refractivity contribution in [1.29, 1.82) is 0 Å². The molecule has 112 valence electrons. The number of para-hydroxylation sites is 2. The van der Waals surface area contributed by atoms with Gasteiger partial charge in [0, 0.05) is 51.1 Å². The van der Waals surface area contributed by atoms with Gasteiger partial charge in [0.25, 0.3) is 0 Å². The summed E-state index contributed by atoms with van der Waals surface area (Å²) >= 11 is 3.82. The van der Waals surface area contributed by atoms with Crippen LogP contribution in [0.5, 0.6) is 0 Å². The maximum absolute atomic E-state index is 3.82. The Morgan fingerprint density at radius 1 is 0.696 bits per heavy atom. The molecule has 23 heavy (non-hydrogen) atoms. The Morgan fingerprint density at radius 2 is 1.26 bits per heavy atom. The molecule has 0 saturated heterocycles. The lowest BCUT2D eigenvalue weighted by molar-refractivity contribution is 0.986. The van der Waals surface area contributed by atoms with Gasteiger partial charge in [-0.25, -0.2) is 0 Å². The van der Waals surface area contributed by atoms with Crippen LogP contribution < -0.4 is 0 Å². The van der Waals surface area contributed by atoms with Crippen LogP contribution in [0, 0.1) is 0 Å². The molecule has 3 heteroatoms. The highest BCUT2D eigenvalue weighted by atomic mass is 79.9. The van der Waals surface area contributed by atoms with Crippen molar-refractivity contribution in [2.75, 3.05) is 0 Å². The van der Waals surface area contributed by atoms with E-state index in [0.717, 1.165) is 4.47 Å². The summed E-state index contributed by atoms with van der Waals surface area (Å²) in [6, 6.07) is 19.5. The molecule has 0 unspecified atom stereocenters. The van der Waals surface area contributed by atoms with Crippen LogP contribution in [-0.2, 0) is 14.1 Å². The number of halogens is 1. The fourth-order valence-corrected chi connectivity index (χ4v) is 4.60. The number of hydrogen-bond acceptors (Lipinski definition) is 0. The summed E-state index contributed by atoms with van der Waals surface area (Å²) in [5, 5.41) is 5.19. The molecule has 0 aliphatic heterocycles. The maximum Gasteiger partial charge on any atom is 0.0747 e. The summed E-state index contributed by atoms with van der Waals surface area (Å²) in [5.74, 6) is 0. The molecule has 0 saturated carbocycles. The van der Waals surface area contributed by atoms with Crippen LogP contribution in [0.3, 0.4) is 0 Å². The molecule has 5 aromatic rings. The van der Waals surface area contributed by atoms with Crippen LogP contribution in [0.2, 0.25) is 0 Å². The van der Waals surface area contributed by atoms with Gasteiger partial charge in [-0.15, -0.1) is 0 Å². The predicted molar refractivity (Wildman–Crippen MR) is 102 cm³/mol. The van der Waals surface area contributed by atoms with E-state index in [4.69, 9.17) is 0 Å². The molecular weight excluding hydrogens is 348 g/mol. The summed E-state index contributed by atoms with van der Waals surface area (Å²) in [4.78, 5) is 0. The zero-order valence-electron chi connectivity index (χ0n) is 13.0. The third kappa shape index (κ3) is 1.53. The smallest absolute Gasteiger partial charge is 0.0747 e. The lowest BCUT2D eigenvalue weighted by Crippen LogP contribution is -1.92. The molecule has 5 rings (SSSR count). The van der Waals surface area contributed by atoms with Crippen molar-refractivity contribution < 1.29 is 0 Å². The Kier molecular flexibility index (Phi) is 2.52.